The van der Waals surface area contributed by atoms with E-state index in [0.29, 0.717) is 15.5 Å². The van der Waals surface area contributed by atoms with Crippen LogP contribution in [0.5, 0.6) is 0 Å². The smallest absolute Gasteiger partial charge is 0.184 e. The van der Waals surface area contributed by atoms with Gasteiger partial charge in [0, 0.05) is 5.33 Å². The Bertz CT molecular complexity index is 498. The van der Waals surface area contributed by atoms with Crippen molar-refractivity contribution in [3.63, 3.8) is 0 Å². The lowest BCUT2D eigenvalue weighted by atomic mass is 10.2. The molecule has 0 spiro atoms. The molecule has 14 heavy (non-hydrogen) atoms. The van der Waals surface area contributed by atoms with Crippen LogP contribution in [0.4, 0.5) is 8.78 Å². The molecule has 0 amide bonds. The van der Waals surface area contributed by atoms with E-state index in [1.807, 2.05) is 0 Å². The number of aromatic nitrogens is 1. The molecule has 0 aliphatic heterocycles. The van der Waals surface area contributed by atoms with Crippen LogP contribution in [-0.2, 0) is 5.33 Å². The molecule has 0 fully saturated rings. The number of nitrogens with zero attached hydrogens (tertiary/aromatic N) is 1. The average molecular weight is 327 g/mol. The van der Waals surface area contributed by atoms with Crippen LogP contribution in [0.15, 0.2) is 15.1 Å². The van der Waals surface area contributed by atoms with Gasteiger partial charge in [-0.05, 0) is 22.0 Å². The fourth-order valence-electron chi connectivity index (χ4n) is 1.16. The Kier molecular flexibility index (Phi) is 2.57. The van der Waals surface area contributed by atoms with Crippen LogP contribution < -0.4 is 0 Å². The molecule has 74 valence electrons. The first-order valence-electron chi connectivity index (χ1n) is 3.63. The van der Waals surface area contributed by atoms with Crippen molar-refractivity contribution in [2.24, 2.45) is 0 Å². The van der Waals surface area contributed by atoms with Gasteiger partial charge >= 0.3 is 0 Å². The molecule has 0 unspecified atom stereocenters. The molecule has 2 aromatic rings. The van der Waals surface area contributed by atoms with Crippen LogP contribution in [0.25, 0.3) is 11.0 Å². The highest BCUT2D eigenvalue weighted by Gasteiger charge is 2.18. The van der Waals surface area contributed by atoms with Crippen LogP contribution in [0.2, 0.25) is 0 Å². The van der Waals surface area contributed by atoms with E-state index in [0.717, 1.165) is 6.07 Å². The van der Waals surface area contributed by atoms with Gasteiger partial charge in [-0.1, -0.05) is 21.1 Å². The molecule has 2 rings (SSSR count). The molecule has 0 radical (unpaired) electrons. The van der Waals surface area contributed by atoms with E-state index in [1.54, 1.807) is 0 Å². The molecular weight excluding hydrogens is 324 g/mol. The van der Waals surface area contributed by atoms with Crippen molar-refractivity contribution in [3.05, 3.63) is 27.9 Å². The molecule has 1 heterocycles. The van der Waals surface area contributed by atoms with Crippen molar-refractivity contribution in [2.45, 2.75) is 5.33 Å². The summed E-state index contributed by atoms with van der Waals surface area (Å²) in [6.07, 6.45) is 0. The number of hydrogen-bond donors (Lipinski definition) is 0. The molecule has 1 aromatic carbocycles. The molecule has 0 bridgehead atoms. The number of fused-ring (bicyclic) bond motifs is 1. The molecule has 0 aliphatic carbocycles. The Hall–Kier alpha value is -0.490. The monoisotopic (exact) mass is 325 g/mol. The first-order valence-corrected chi connectivity index (χ1v) is 5.54. The standard InChI is InChI=1S/C8H3Br2F2NO/c9-2-5-6-7(12)4(11)1-3(10)8(6)14-13-5/h1H,2H2. The Morgan fingerprint density at radius 2 is 2.14 bits per heavy atom. The predicted molar refractivity (Wildman–Crippen MR) is 54.3 cm³/mol. The zero-order valence-corrected chi connectivity index (χ0v) is 9.82. The number of hydrogen-bond acceptors (Lipinski definition) is 2. The van der Waals surface area contributed by atoms with Crippen molar-refractivity contribution >= 4 is 42.8 Å². The van der Waals surface area contributed by atoms with Crippen molar-refractivity contribution in [1.82, 2.24) is 5.16 Å². The molecule has 1 aromatic heterocycles. The van der Waals surface area contributed by atoms with Gasteiger partial charge < -0.3 is 4.52 Å². The Labute approximate surface area is 94.5 Å². The van der Waals surface area contributed by atoms with Gasteiger partial charge in [-0.3, -0.25) is 0 Å². The Morgan fingerprint density at radius 1 is 1.43 bits per heavy atom. The van der Waals surface area contributed by atoms with Crippen LogP contribution in [-0.4, -0.2) is 5.16 Å². The minimum Gasteiger partial charge on any atom is -0.355 e. The SMILES string of the molecule is Fc1cc(Br)c2onc(CBr)c2c1F. The van der Waals surface area contributed by atoms with E-state index in [2.05, 4.69) is 37.0 Å². The number of benzene rings is 1. The summed E-state index contributed by atoms with van der Waals surface area (Å²) in [5.74, 6) is -1.85. The normalized spacial score (nSPS) is 11.1. The second kappa shape index (κ2) is 3.58. The van der Waals surface area contributed by atoms with Gasteiger partial charge in [-0.2, -0.15) is 0 Å². The van der Waals surface area contributed by atoms with Crippen molar-refractivity contribution in [1.29, 1.82) is 0 Å². The second-order valence-electron chi connectivity index (χ2n) is 2.62. The maximum absolute atomic E-state index is 13.3. The van der Waals surface area contributed by atoms with Gasteiger partial charge in [0.1, 0.15) is 5.69 Å². The van der Waals surface area contributed by atoms with Crippen LogP contribution in [0, 0.1) is 11.6 Å². The van der Waals surface area contributed by atoms with E-state index in [-0.39, 0.29) is 11.0 Å². The molecule has 6 heteroatoms. The largest absolute Gasteiger partial charge is 0.355 e. The van der Waals surface area contributed by atoms with Gasteiger partial charge in [0.05, 0.1) is 9.86 Å². The van der Waals surface area contributed by atoms with E-state index >= 15 is 0 Å². The topological polar surface area (TPSA) is 26.0 Å². The summed E-state index contributed by atoms with van der Waals surface area (Å²) in [5.41, 5.74) is 0.566. The van der Waals surface area contributed by atoms with E-state index in [1.165, 1.54) is 0 Å². The zero-order valence-electron chi connectivity index (χ0n) is 6.65. The minimum absolute atomic E-state index is 0.0775. The third-order valence-electron chi connectivity index (χ3n) is 1.79. The fourth-order valence-corrected chi connectivity index (χ4v) is 2.02. The van der Waals surface area contributed by atoms with Crippen molar-refractivity contribution in [3.8, 4) is 0 Å². The molecular formula is C8H3Br2F2NO. The fraction of sp³-hybridized carbons (Fsp3) is 0.125. The predicted octanol–water partition coefficient (Wildman–Crippen LogP) is 3.76. The summed E-state index contributed by atoms with van der Waals surface area (Å²) in [5, 5.41) is 4.01. The third-order valence-corrected chi connectivity index (χ3v) is 2.91. The molecule has 0 saturated carbocycles. The van der Waals surface area contributed by atoms with E-state index < -0.39 is 11.6 Å². The lowest BCUT2D eigenvalue weighted by molar-refractivity contribution is 0.448. The first-order chi connectivity index (χ1) is 6.65. The third kappa shape index (κ3) is 1.37. The summed E-state index contributed by atoms with van der Waals surface area (Å²) in [6.45, 7) is 0. The lowest BCUT2D eigenvalue weighted by Gasteiger charge is -1.96. The highest BCUT2D eigenvalue weighted by molar-refractivity contribution is 9.10. The van der Waals surface area contributed by atoms with Gasteiger partial charge in [0.2, 0.25) is 0 Å². The Morgan fingerprint density at radius 3 is 2.79 bits per heavy atom. The highest BCUT2D eigenvalue weighted by Crippen LogP contribution is 2.31. The number of alkyl halides is 1. The summed E-state index contributed by atoms with van der Waals surface area (Å²) in [6, 6.07) is 1.01. The number of rotatable bonds is 1. The maximum atomic E-state index is 13.3. The highest BCUT2D eigenvalue weighted by atomic mass is 79.9. The Balaban J connectivity index is 2.92. The van der Waals surface area contributed by atoms with Crippen LogP contribution >= 0.6 is 31.9 Å². The van der Waals surface area contributed by atoms with Gasteiger partial charge in [0.15, 0.2) is 17.2 Å². The van der Waals surface area contributed by atoms with Gasteiger partial charge in [0.25, 0.3) is 0 Å². The van der Waals surface area contributed by atoms with Crippen molar-refractivity contribution in [2.75, 3.05) is 0 Å². The van der Waals surface area contributed by atoms with Gasteiger partial charge in [-0.15, -0.1) is 0 Å². The van der Waals surface area contributed by atoms with Gasteiger partial charge in [-0.25, -0.2) is 8.78 Å². The summed E-state index contributed by atoms with van der Waals surface area (Å²) < 4.78 is 31.6. The minimum atomic E-state index is -0.932. The quantitative estimate of drug-likeness (QED) is 0.589. The lowest BCUT2D eigenvalue weighted by Crippen LogP contribution is -1.88. The molecule has 0 N–H and O–H groups in total. The van der Waals surface area contributed by atoms with E-state index in [9.17, 15) is 8.78 Å². The second-order valence-corrected chi connectivity index (χ2v) is 4.04. The molecule has 0 aliphatic rings. The zero-order chi connectivity index (χ0) is 10.3. The summed E-state index contributed by atoms with van der Waals surface area (Å²) in [4.78, 5) is 0. The number of halogens is 4. The van der Waals surface area contributed by atoms with Crippen LogP contribution in [0.1, 0.15) is 5.69 Å². The molecule has 0 saturated heterocycles. The summed E-state index contributed by atoms with van der Waals surface area (Å²) in [7, 11) is 0. The summed E-state index contributed by atoms with van der Waals surface area (Å²) >= 11 is 6.18. The first kappa shape index (κ1) is 10.0. The van der Waals surface area contributed by atoms with E-state index in [4.69, 9.17) is 4.52 Å². The maximum Gasteiger partial charge on any atom is 0.184 e. The van der Waals surface area contributed by atoms with Crippen LogP contribution in [0.3, 0.4) is 0 Å². The van der Waals surface area contributed by atoms with Crippen molar-refractivity contribution < 1.29 is 13.3 Å². The molecule has 0 atom stereocenters. The molecule has 2 nitrogen and oxygen atoms in total. The average Bonchev–Trinajstić information content (AvgIpc) is 2.58.